The lowest BCUT2D eigenvalue weighted by Gasteiger charge is -2.17. The number of anilines is 1. The summed E-state index contributed by atoms with van der Waals surface area (Å²) in [6.07, 6.45) is 1.60. The van der Waals surface area contributed by atoms with E-state index in [4.69, 9.17) is 4.99 Å². The Kier molecular flexibility index (Phi) is 9.80. The van der Waals surface area contributed by atoms with E-state index in [2.05, 4.69) is 59.4 Å². The van der Waals surface area contributed by atoms with Gasteiger partial charge in [-0.25, -0.2) is 4.99 Å². The van der Waals surface area contributed by atoms with Crippen LogP contribution >= 0.6 is 24.0 Å². The minimum Gasteiger partial charge on any atom is -0.357 e. The van der Waals surface area contributed by atoms with E-state index in [-0.39, 0.29) is 29.9 Å². The van der Waals surface area contributed by atoms with Crippen LogP contribution < -0.4 is 15.5 Å². The van der Waals surface area contributed by atoms with Crippen molar-refractivity contribution in [1.82, 2.24) is 20.4 Å². The number of nitrogens with zero attached hydrogens (tertiary/aromatic N) is 4. The largest absolute Gasteiger partial charge is 0.357 e. The van der Waals surface area contributed by atoms with Gasteiger partial charge in [0.25, 0.3) is 0 Å². The van der Waals surface area contributed by atoms with E-state index in [1.807, 2.05) is 24.0 Å². The molecule has 1 saturated heterocycles. The van der Waals surface area contributed by atoms with Crippen molar-refractivity contribution < 1.29 is 4.79 Å². The average molecular weight is 538 g/mol. The first-order valence-electron chi connectivity index (χ1n) is 10.9. The van der Waals surface area contributed by atoms with Gasteiger partial charge in [-0.05, 0) is 56.9 Å². The molecule has 0 aliphatic carbocycles. The minimum absolute atomic E-state index is 0. The Morgan fingerprint density at radius 1 is 1.23 bits per heavy atom. The van der Waals surface area contributed by atoms with Gasteiger partial charge in [0, 0.05) is 44.0 Å². The maximum atomic E-state index is 11.9. The van der Waals surface area contributed by atoms with E-state index in [9.17, 15) is 4.79 Å². The molecule has 2 heterocycles. The summed E-state index contributed by atoms with van der Waals surface area (Å²) in [6.45, 7) is 12.3. The van der Waals surface area contributed by atoms with E-state index in [1.54, 1.807) is 0 Å². The molecule has 3 rings (SSSR count). The second-order valence-electron chi connectivity index (χ2n) is 8.11. The Bertz CT molecular complexity index is 877. The van der Waals surface area contributed by atoms with Gasteiger partial charge in [-0.3, -0.25) is 9.48 Å². The smallest absolute Gasteiger partial charge is 0.227 e. The van der Waals surface area contributed by atoms with Crippen molar-refractivity contribution in [2.75, 3.05) is 24.5 Å². The molecule has 1 amide bonds. The highest BCUT2D eigenvalue weighted by molar-refractivity contribution is 14.0. The molecule has 2 aromatic rings. The molecule has 1 aliphatic heterocycles. The van der Waals surface area contributed by atoms with Gasteiger partial charge >= 0.3 is 0 Å². The molecule has 1 fully saturated rings. The first-order chi connectivity index (χ1) is 14.5. The van der Waals surface area contributed by atoms with E-state index < -0.39 is 0 Å². The van der Waals surface area contributed by atoms with E-state index >= 15 is 0 Å². The molecule has 170 valence electrons. The second-order valence-corrected chi connectivity index (χ2v) is 8.11. The predicted octanol–water partition coefficient (Wildman–Crippen LogP) is 3.64. The predicted molar refractivity (Wildman–Crippen MR) is 137 cm³/mol. The van der Waals surface area contributed by atoms with Crippen LogP contribution in [0.5, 0.6) is 0 Å². The summed E-state index contributed by atoms with van der Waals surface area (Å²) in [5, 5.41) is 11.3. The van der Waals surface area contributed by atoms with Crippen LogP contribution in [0.15, 0.2) is 35.3 Å². The highest BCUT2D eigenvalue weighted by Crippen LogP contribution is 2.21. The monoisotopic (exact) mass is 538 g/mol. The molecular weight excluding hydrogens is 503 g/mol. The van der Waals surface area contributed by atoms with Crippen molar-refractivity contribution in [3.05, 3.63) is 47.3 Å². The lowest BCUT2D eigenvalue weighted by molar-refractivity contribution is -0.117. The molecule has 7 nitrogen and oxygen atoms in total. The third-order valence-corrected chi connectivity index (χ3v) is 5.29. The molecular formula is C23H35IN6O. The second kappa shape index (κ2) is 12.1. The molecule has 8 heteroatoms. The van der Waals surface area contributed by atoms with Crippen molar-refractivity contribution in [2.24, 2.45) is 10.9 Å². The van der Waals surface area contributed by atoms with Gasteiger partial charge < -0.3 is 15.5 Å². The number of aromatic nitrogens is 2. The van der Waals surface area contributed by atoms with Gasteiger partial charge in [0.15, 0.2) is 5.96 Å². The number of halogens is 1. The number of nitrogens with one attached hydrogen (secondary N) is 2. The van der Waals surface area contributed by atoms with Gasteiger partial charge in [0.05, 0.1) is 12.2 Å². The van der Waals surface area contributed by atoms with Crippen LogP contribution in [0.4, 0.5) is 5.69 Å². The number of guanidine groups is 1. The Balaban J connectivity index is 0.00000341. The number of aliphatic imine (C=N–C) groups is 1. The fourth-order valence-electron chi connectivity index (χ4n) is 3.70. The molecule has 1 aromatic carbocycles. The Morgan fingerprint density at radius 3 is 2.55 bits per heavy atom. The number of rotatable bonds is 8. The summed E-state index contributed by atoms with van der Waals surface area (Å²) < 4.78 is 2.07. The number of hydrogen-bond acceptors (Lipinski definition) is 3. The maximum absolute atomic E-state index is 11.9. The summed E-state index contributed by atoms with van der Waals surface area (Å²) in [5.74, 6) is 1.45. The summed E-state index contributed by atoms with van der Waals surface area (Å²) in [5.41, 5.74) is 4.35. The first kappa shape index (κ1) is 25.2. The Labute approximate surface area is 202 Å². The zero-order chi connectivity index (χ0) is 21.5. The first-order valence-corrected chi connectivity index (χ1v) is 10.9. The van der Waals surface area contributed by atoms with Gasteiger partial charge in [-0.15, -0.1) is 24.0 Å². The lowest BCUT2D eigenvalue weighted by atomic mass is 10.2. The van der Waals surface area contributed by atoms with Crippen molar-refractivity contribution in [2.45, 2.75) is 53.6 Å². The summed E-state index contributed by atoms with van der Waals surface area (Å²) in [6, 6.07) is 10.3. The van der Waals surface area contributed by atoms with Gasteiger partial charge in [-0.2, -0.15) is 5.10 Å². The quantitative estimate of drug-likeness (QED) is 0.306. The summed E-state index contributed by atoms with van der Waals surface area (Å²) in [7, 11) is 0. The molecule has 1 unspecified atom stereocenters. The van der Waals surface area contributed by atoms with Crippen LogP contribution in [-0.4, -0.2) is 41.3 Å². The third kappa shape index (κ3) is 7.22. The van der Waals surface area contributed by atoms with E-state index in [1.165, 1.54) is 5.69 Å². The molecule has 0 spiro atoms. The third-order valence-electron chi connectivity index (χ3n) is 5.29. The molecule has 2 N–H and O–H groups in total. The van der Waals surface area contributed by atoms with Crippen molar-refractivity contribution >= 4 is 41.5 Å². The van der Waals surface area contributed by atoms with Gasteiger partial charge in [-0.1, -0.05) is 19.1 Å². The highest BCUT2D eigenvalue weighted by atomic mass is 127. The number of benzene rings is 1. The average Bonchev–Trinajstić information content (AvgIpc) is 3.29. The number of carbonyl (C=O) groups excluding carboxylic acids is 1. The fraction of sp³-hybridized carbons (Fsp3) is 0.522. The molecule has 0 saturated carbocycles. The Morgan fingerprint density at radius 2 is 1.97 bits per heavy atom. The minimum atomic E-state index is 0. The van der Waals surface area contributed by atoms with Gasteiger partial charge in [0.2, 0.25) is 5.91 Å². The Hall–Kier alpha value is -2.10. The molecule has 0 bridgehead atoms. The fourth-order valence-corrected chi connectivity index (χ4v) is 3.70. The van der Waals surface area contributed by atoms with Crippen LogP contribution in [0.25, 0.3) is 0 Å². The topological polar surface area (TPSA) is 74.6 Å². The number of amides is 1. The van der Waals surface area contributed by atoms with E-state index in [0.717, 1.165) is 55.5 Å². The normalized spacial score (nSPS) is 15.0. The lowest BCUT2D eigenvalue weighted by Crippen LogP contribution is -2.40. The SMILES string of the molecule is CCNC(=NCc1ccc(N2CCCC2=O)cc1)NCC(C)Cn1nc(C)cc1C.I. The van der Waals surface area contributed by atoms with Crippen LogP contribution in [0, 0.1) is 19.8 Å². The van der Waals surface area contributed by atoms with Crippen LogP contribution in [-0.2, 0) is 17.9 Å². The number of carbonyl (C=O) groups is 1. The molecule has 0 radical (unpaired) electrons. The molecule has 31 heavy (non-hydrogen) atoms. The van der Waals surface area contributed by atoms with E-state index in [0.29, 0.717) is 18.9 Å². The molecule has 1 aliphatic rings. The van der Waals surface area contributed by atoms with Gasteiger partial charge in [0.1, 0.15) is 0 Å². The highest BCUT2D eigenvalue weighted by Gasteiger charge is 2.21. The maximum Gasteiger partial charge on any atom is 0.227 e. The van der Waals surface area contributed by atoms with Crippen LogP contribution in [0.2, 0.25) is 0 Å². The van der Waals surface area contributed by atoms with Crippen LogP contribution in [0.3, 0.4) is 0 Å². The van der Waals surface area contributed by atoms with Crippen LogP contribution in [0.1, 0.15) is 43.6 Å². The number of aryl methyl sites for hydroxylation is 2. The van der Waals surface area contributed by atoms with Crippen molar-refractivity contribution in [3.63, 3.8) is 0 Å². The summed E-state index contributed by atoms with van der Waals surface area (Å²) >= 11 is 0. The number of hydrogen-bond donors (Lipinski definition) is 2. The zero-order valence-electron chi connectivity index (χ0n) is 19.0. The molecule has 1 aromatic heterocycles. The summed E-state index contributed by atoms with van der Waals surface area (Å²) in [4.78, 5) is 18.5. The molecule has 1 atom stereocenters. The van der Waals surface area contributed by atoms with Crippen molar-refractivity contribution in [1.29, 1.82) is 0 Å². The zero-order valence-corrected chi connectivity index (χ0v) is 21.3. The standard InChI is InChI=1S/C23H34N6O.HI/c1-5-24-23(25-14-17(2)16-29-19(4)13-18(3)27-29)26-15-20-8-10-21(11-9-20)28-12-6-7-22(28)30;/h8-11,13,17H,5-7,12,14-16H2,1-4H3,(H2,24,25,26);1H. The van der Waals surface area contributed by atoms with Crippen molar-refractivity contribution in [3.8, 4) is 0 Å².